The molecule has 0 aliphatic carbocycles. The number of thioether (sulfide) groups is 1. The number of halogens is 3. The third-order valence-electron chi connectivity index (χ3n) is 2.96. The van der Waals surface area contributed by atoms with E-state index in [1.54, 1.807) is 6.07 Å². The normalized spacial score (nSPS) is 10.6. The quantitative estimate of drug-likeness (QED) is 0.796. The maximum Gasteiger partial charge on any atom is 0.234 e. The van der Waals surface area contributed by atoms with Gasteiger partial charge in [-0.2, -0.15) is 0 Å². The van der Waals surface area contributed by atoms with Crippen molar-refractivity contribution in [3.8, 4) is 0 Å². The molecule has 0 heterocycles. The van der Waals surface area contributed by atoms with Gasteiger partial charge in [-0.3, -0.25) is 4.79 Å². The van der Waals surface area contributed by atoms with Crippen molar-refractivity contribution < 1.29 is 13.6 Å². The van der Waals surface area contributed by atoms with Crippen LogP contribution in [0.4, 0.5) is 14.5 Å². The van der Waals surface area contributed by atoms with Crippen molar-refractivity contribution in [3.05, 3.63) is 58.1 Å². The van der Waals surface area contributed by atoms with Gasteiger partial charge >= 0.3 is 0 Å². The standard InChI is InChI=1S/C16H14ClF2NOS/c1-9-5-10(2)16(12(17)6-9)20-15(21)8-22-11-3-4-13(18)14(19)7-11/h3-7H,8H2,1-2H3,(H,20,21). The molecule has 2 aromatic carbocycles. The van der Waals surface area contributed by atoms with Gasteiger partial charge in [0.15, 0.2) is 11.6 Å². The minimum atomic E-state index is -0.928. The zero-order valence-corrected chi connectivity index (χ0v) is 13.6. The Morgan fingerprint density at radius 1 is 1.18 bits per heavy atom. The summed E-state index contributed by atoms with van der Waals surface area (Å²) in [6, 6.07) is 7.23. The van der Waals surface area contributed by atoms with Gasteiger partial charge < -0.3 is 5.32 Å². The number of anilines is 1. The molecule has 0 spiro atoms. The first kappa shape index (κ1) is 16.8. The molecule has 0 aromatic heterocycles. The summed E-state index contributed by atoms with van der Waals surface area (Å²) >= 11 is 7.25. The summed E-state index contributed by atoms with van der Waals surface area (Å²) in [7, 11) is 0. The summed E-state index contributed by atoms with van der Waals surface area (Å²) in [6.07, 6.45) is 0. The van der Waals surface area contributed by atoms with Crippen LogP contribution in [0, 0.1) is 25.5 Å². The largest absolute Gasteiger partial charge is 0.324 e. The molecule has 0 bridgehead atoms. The Morgan fingerprint density at radius 3 is 2.55 bits per heavy atom. The molecular weight excluding hydrogens is 328 g/mol. The lowest BCUT2D eigenvalue weighted by Gasteiger charge is -2.11. The fraction of sp³-hybridized carbons (Fsp3) is 0.188. The van der Waals surface area contributed by atoms with Crippen LogP contribution in [-0.4, -0.2) is 11.7 Å². The number of nitrogens with one attached hydrogen (secondary N) is 1. The number of hydrogen-bond donors (Lipinski definition) is 1. The summed E-state index contributed by atoms with van der Waals surface area (Å²) in [5.74, 6) is -2.02. The van der Waals surface area contributed by atoms with Gasteiger partial charge in [0.25, 0.3) is 0 Å². The Labute approximate surface area is 136 Å². The Kier molecular flexibility index (Phi) is 5.42. The lowest BCUT2D eigenvalue weighted by molar-refractivity contribution is -0.113. The molecule has 0 fully saturated rings. The van der Waals surface area contributed by atoms with Gasteiger partial charge in [0, 0.05) is 4.90 Å². The Bertz CT molecular complexity index is 698. The van der Waals surface area contributed by atoms with E-state index in [1.165, 1.54) is 6.07 Å². The average Bonchev–Trinajstić information content (AvgIpc) is 2.44. The highest BCUT2D eigenvalue weighted by atomic mass is 35.5. The zero-order chi connectivity index (χ0) is 16.3. The summed E-state index contributed by atoms with van der Waals surface area (Å²) in [4.78, 5) is 12.5. The number of carbonyl (C=O) groups is 1. The molecule has 2 rings (SSSR count). The van der Waals surface area contributed by atoms with Crippen LogP contribution < -0.4 is 5.32 Å². The highest BCUT2D eigenvalue weighted by Crippen LogP contribution is 2.28. The van der Waals surface area contributed by atoms with Gasteiger partial charge in [-0.05, 0) is 49.2 Å². The van der Waals surface area contributed by atoms with E-state index in [4.69, 9.17) is 11.6 Å². The van der Waals surface area contributed by atoms with Crippen LogP contribution in [0.25, 0.3) is 0 Å². The molecular formula is C16H14ClF2NOS. The van der Waals surface area contributed by atoms with E-state index in [0.29, 0.717) is 15.6 Å². The van der Waals surface area contributed by atoms with E-state index in [9.17, 15) is 13.6 Å². The van der Waals surface area contributed by atoms with E-state index in [0.717, 1.165) is 35.0 Å². The van der Waals surface area contributed by atoms with Gasteiger partial charge in [0.1, 0.15) is 0 Å². The summed E-state index contributed by atoms with van der Waals surface area (Å²) in [5, 5.41) is 3.22. The van der Waals surface area contributed by atoms with Crippen molar-refractivity contribution >= 4 is 35.0 Å². The minimum Gasteiger partial charge on any atom is -0.324 e. The van der Waals surface area contributed by atoms with Crippen LogP contribution in [0.3, 0.4) is 0 Å². The summed E-state index contributed by atoms with van der Waals surface area (Å²) in [5.41, 5.74) is 2.45. The SMILES string of the molecule is Cc1cc(C)c(NC(=O)CSc2ccc(F)c(F)c2)c(Cl)c1. The molecule has 0 saturated heterocycles. The fourth-order valence-corrected chi connectivity index (χ4v) is 3.05. The molecule has 116 valence electrons. The number of benzene rings is 2. The number of carbonyl (C=O) groups excluding carboxylic acids is 1. The van der Waals surface area contributed by atoms with Crippen LogP contribution in [-0.2, 0) is 4.79 Å². The number of rotatable bonds is 4. The third-order valence-corrected chi connectivity index (χ3v) is 4.25. The van der Waals surface area contributed by atoms with Gasteiger partial charge in [0.2, 0.25) is 5.91 Å². The predicted octanol–water partition coefficient (Wildman–Crippen LogP) is 4.97. The number of aryl methyl sites for hydroxylation is 2. The molecule has 2 nitrogen and oxygen atoms in total. The van der Waals surface area contributed by atoms with Gasteiger partial charge in [-0.15, -0.1) is 11.8 Å². The lowest BCUT2D eigenvalue weighted by Crippen LogP contribution is -2.15. The Hall–Kier alpha value is -1.59. The molecule has 0 aliphatic rings. The third kappa shape index (κ3) is 4.21. The molecule has 0 atom stereocenters. The zero-order valence-electron chi connectivity index (χ0n) is 12.0. The van der Waals surface area contributed by atoms with Crippen molar-refractivity contribution in [1.82, 2.24) is 0 Å². The first-order valence-corrected chi connectivity index (χ1v) is 7.87. The van der Waals surface area contributed by atoms with Crippen LogP contribution in [0.5, 0.6) is 0 Å². The van der Waals surface area contributed by atoms with Crippen LogP contribution >= 0.6 is 23.4 Å². The molecule has 0 aliphatic heterocycles. The molecule has 0 unspecified atom stereocenters. The fourth-order valence-electron chi connectivity index (χ4n) is 1.97. The summed E-state index contributed by atoms with van der Waals surface area (Å²) < 4.78 is 25.9. The average molecular weight is 342 g/mol. The second kappa shape index (κ2) is 7.11. The van der Waals surface area contributed by atoms with Crippen molar-refractivity contribution in [2.75, 3.05) is 11.1 Å². The van der Waals surface area contributed by atoms with Crippen molar-refractivity contribution in [2.24, 2.45) is 0 Å². The second-order valence-electron chi connectivity index (χ2n) is 4.85. The van der Waals surface area contributed by atoms with E-state index in [2.05, 4.69) is 5.32 Å². The molecule has 1 amide bonds. The maximum absolute atomic E-state index is 13.1. The monoisotopic (exact) mass is 341 g/mol. The topological polar surface area (TPSA) is 29.1 Å². The summed E-state index contributed by atoms with van der Waals surface area (Å²) in [6.45, 7) is 3.78. The lowest BCUT2D eigenvalue weighted by atomic mass is 10.1. The van der Waals surface area contributed by atoms with Crippen molar-refractivity contribution in [3.63, 3.8) is 0 Å². The van der Waals surface area contributed by atoms with Crippen LogP contribution in [0.2, 0.25) is 5.02 Å². The Morgan fingerprint density at radius 2 is 1.91 bits per heavy atom. The van der Waals surface area contributed by atoms with Crippen LogP contribution in [0.1, 0.15) is 11.1 Å². The first-order chi connectivity index (χ1) is 10.4. The van der Waals surface area contributed by atoms with Gasteiger partial charge in [-0.1, -0.05) is 17.7 Å². The highest BCUT2D eigenvalue weighted by molar-refractivity contribution is 8.00. The number of amides is 1. The van der Waals surface area contributed by atoms with Crippen LogP contribution in [0.15, 0.2) is 35.2 Å². The molecule has 0 saturated carbocycles. The van der Waals surface area contributed by atoms with E-state index in [-0.39, 0.29) is 11.7 Å². The minimum absolute atomic E-state index is 0.0781. The van der Waals surface area contributed by atoms with E-state index >= 15 is 0 Å². The van der Waals surface area contributed by atoms with Gasteiger partial charge in [-0.25, -0.2) is 8.78 Å². The predicted molar refractivity (Wildman–Crippen MR) is 86.6 cm³/mol. The number of hydrogen-bond acceptors (Lipinski definition) is 2. The molecule has 2 aromatic rings. The van der Waals surface area contributed by atoms with Gasteiger partial charge in [0.05, 0.1) is 16.5 Å². The van der Waals surface area contributed by atoms with E-state index < -0.39 is 11.6 Å². The molecule has 1 N–H and O–H groups in total. The first-order valence-electron chi connectivity index (χ1n) is 6.51. The molecule has 22 heavy (non-hydrogen) atoms. The Balaban J connectivity index is 2.00. The molecule has 6 heteroatoms. The highest BCUT2D eigenvalue weighted by Gasteiger charge is 2.11. The van der Waals surface area contributed by atoms with Crippen molar-refractivity contribution in [1.29, 1.82) is 0 Å². The van der Waals surface area contributed by atoms with E-state index in [1.807, 2.05) is 19.9 Å². The second-order valence-corrected chi connectivity index (χ2v) is 6.31. The smallest absolute Gasteiger partial charge is 0.234 e. The van der Waals surface area contributed by atoms with Crippen molar-refractivity contribution in [2.45, 2.75) is 18.7 Å². The molecule has 0 radical (unpaired) electrons. The maximum atomic E-state index is 13.1.